The average molecular weight is 226 g/mol. The Balaban J connectivity index is 2.55. The van der Waals surface area contributed by atoms with E-state index in [9.17, 15) is 9.59 Å². The number of hydrogen-bond acceptors (Lipinski definition) is 3. The van der Waals surface area contributed by atoms with Crippen LogP contribution in [0.5, 0.6) is 0 Å². The van der Waals surface area contributed by atoms with Crippen molar-refractivity contribution in [2.45, 2.75) is 11.0 Å². The molecule has 0 saturated heterocycles. The van der Waals surface area contributed by atoms with Crippen LogP contribution in [-0.2, 0) is 15.3 Å². The van der Waals surface area contributed by atoms with Crippen molar-refractivity contribution in [2.75, 3.05) is 0 Å². The molecule has 2 N–H and O–H groups in total. The Labute approximate surface area is 90.9 Å². The predicted molar refractivity (Wildman–Crippen MR) is 56.8 cm³/mol. The zero-order chi connectivity index (χ0) is 11.3. The number of carboxylic acid groups (broad SMARTS) is 2. The zero-order valence-electron chi connectivity index (χ0n) is 7.79. The molecule has 80 valence electrons. The second-order valence-corrected chi connectivity index (χ2v) is 3.95. The number of carbonyl (C=O) groups is 2. The molecule has 0 aliphatic heterocycles. The highest BCUT2D eigenvalue weighted by Gasteiger charge is 2.25. The van der Waals surface area contributed by atoms with Gasteiger partial charge in [-0.1, -0.05) is 30.3 Å². The Morgan fingerprint density at radius 3 is 2.13 bits per heavy atom. The number of aliphatic carboxylic acids is 2. The van der Waals surface area contributed by atoms with E-state index in [1.54, 1.807) is 0 Å². The van der Waals surface area contributed by atoms with Gasteiger partial charge in [0.2, 0.25) is 0 Å². The standard InChI is InChI=1S/C10H10O4S/c11-9(12)8(10(13)14)15-6-7-4-2-1-3-5-7/h1-5,8H,6H2,(H,11,12)(H,13,14). The number of thioether (sulfide) groups is 1. The number of rotatable bonds is 5. The summed E-state index contributed by atoms with van der Waals surface area (Å²) in [4.78, 5) is 21.1. The molecule has 0 fully saturated rings. The molecule has 0 heterocycles. The summed E-state index contributed by atoms with van der Waals surface area (Å²) < 4.78 is 0. The molecule has 1 rings (SSSR count). The lowest BCUT2D eigenvalue weighted by atomic mass is 10.2. The fraction of sp³-hybridized carbons (Fsp3) is 0.200. The van der Waals surface area contributed by atoms with Crippen LogP contribution in [0.25, 0.3) is 0 Å². The number of benzene rings is 1. The van der Waals surface area contributed by atoms with E-state index in [-0.39, 0.29) is 0 Å². The summed E-state index contributed by atoms with van der Waals surface area (Å²) in [6, 6.07) is 9.15. The molecule has 0 aromatic heterocycles. The quantitative estimate of drug-likeness (QED) is 0.743. The van der Waals surface area contributed by atoms with E-state index in [2.05, 4.69) is 0 Å². The maximum absolute atomic E-state index is 10.6. The molecule has 0 unspecified atom stereocenters. The van der Waals surface area contributed by atoms with Crippen molar-refractivity contribution < 1.29 is 19.8 Å². The van der Waals surface area contributed by atoms with E-state index in [1.165, 1.54) is 0 Å². The molecule has 0 spiro atoms. The van der Waals surface area contributed by atoms with Crippen LogP contribution in [0, 0.1) is 0 Å². The summed E-state index contributed by atoms with van der Waals surface area (Å²) in [7, 11) is 0. The first-order valence-corrected chi connectivity index (χ1v) is 5.27. The Kier molecular flexibility index (Phi) is 4.17. The number of carboxylic acids is 2. The van der Waals surface area contributed by atoms with Crippen molar-refractivity contribution in [2.24, 2.45) is 0 Å². The lowest BCUT2D eigenvalue weighted by molar-refractivity contribution is -0.146. The van der Waals surface area contributed by atoms with Crippen molar-refractivity contribution in [3.8, 4) is 0 Å². The van der Waals surface area contributed by atoms with Gasteiger partial charge in [-0.05, 0) is 5.56 Å². The van der Waals surface area contributed by atoms with E-state index in [1.807, 2.05) is 30.3 Å². The predicted octanol–water partition coefficient (Wildman–Crippen LogP) is 1.46. The fourth-order valence-electron chi connectivity index (χ4n) is 1.00. The maximum atomic E-state index is 10.6. The normalized spacial score (nSPS) is 10.2. The fourth-order valence-corrected chi connectivity index (χ4v) is 1.84. The molecule has 0 amide bonds. The van der Waals surface area contributed by atoms with E-state index in [0.29, 0.717) is 5.75 Å². The van der Waals surface area contributed by atoms with Crippen molar-refractivity contribution in [3.05, 3.63) is 35.9 Å². The third kappa shape index (κ3) is 3.63. The minimum Gasteiger partial charge on any atom is -0.480 e. The highest BCUT2D eigenvalue weighted by molar-refractivity contribution is 8.00. The molecule has 0 atom stereocenters. The first kappa shape index (κ1) is 11.6. The molecule has 0 saturated carbocycles. The largest absolute Gasteiger partial charge is 0.480 e. The summed E-state index contributed by atoms with van der Waals surface area (Å²) >= 11 is 0.892. The minimum atomic E-state index is -1.40. The second-order valence-electron chi connectivity index (χ2n) is 2.85. The van der Waals surface area contributed by atoms with E-state index in [4.69, 9.17) is 10.2 Å². The molecule has 0 radical (unpaired) electrons. The summed E-state index contributed by atoms with van der Waals surface area (Å²) in [6.45, 7) is 0. The summed E-state index contributed by atoms with van der Waals surface area (Å²) in [5.74, 6) is -2.25. The summed E-state index contributed by atoms with van der Waals surface area (Å²) in [5, 5.41) is 15.8. The van der Waals surface area contributed by atoms with E-state index in [0.717, 1.165) is 17.3 Å². The van der Waals surface area contributed by atoms with Crippen molar-refractivity contribution >= 4 is 23.7 Å². The molecule has 1 aromatic carbocycles. The van der Waals surface area contributed by atoms with Crippen LogP contribution >= 0.6 is 11.8 Å². The van der Waals surface area contributed by atoms with E-state index < -0.39 is 17.2 Å². The van der Waals surface area contributed by atoms with Crippen molar-refractivity contribution in [1.82, 2.24) is 0 Å². The molecule has 5 heteroatoms. The smallest absolute Gasteiger partial charge is 0.328 e. The Morgan fingerprint density at radius 2 is 1.67 bits per heavy atom. The maximum Gasteiger partial charge on any atom is 0.328 e. The Hall–Kier alpha value is -1.49. The van der Waals surface area contributed by atoms with Crippen molar-refractivity contribution in [3.63, 3.8) is 0 Å². The van der Waals surface area contributed by atoms with Gasteiger partial charge < -0.3 is 10.2 Å². The van der Waals surface area contributed by atoms with Gasteiger partial charge in [0, 0.05) is 5.75 Å². The van der Waals surface area contributed by atoms with Crippen LogP contribution in [0.1, 0.15) is 5.56 Å². The summed E-state index contributed by atoms with van der Waals surface area (Å²) in [5.41, 5.74) is 0.912. The molecule has 0 aliphatic rings. The molecular weight excluding hydrogens is 216 g/mol. The summed E-state index contributed by atoms with van der Waals surface area (Å²) in [6.07, 6.45) is 0. The highest BCUT2D eigenvalue weighted by Crippen LogP contribution is 2.18. The lowest BCUT2D eigenvalue weighted by Gasteiger charge is -2.06. The second kappa shape index (κ2) is 5.41. The van der Waals surface area contributed by atoms with Crippen LogP contribution in [0.3, 0.4) is 0 Å². The molecule has 0 bridgehead atoms. The van der Waals surface area contributed by atoms with Gasteiger partial charge in [0.15, 0.2) is 5.25 Å². The third-order valence-electron chi connectivity index (χ3n) is 1.71. The van der Waals surface area contributed by atoms with Crippen molar-refractivity contribution in [1.29, 1.82) is 0 Å². The lowest BCUT2D eigenvalue weighted by Crippen LogP contribution is -2.26. The topological polar surface area (TPSA) is 74.6 Å². The van der Waals surface area contributed by atoms with Gasteiger partial charge >= 0.3 is 11.9 Å². The molecular formula is C10H10O4S. The van der Waals surface area contributed by atoms with Gasteiger partial charge in [0.25, 0.3) is 0 Å². The van der Waals surface area contributed by atoms with E-state index >= 15 is 0 Å². The van der Waals surface area contributed by atoms with Gasteiger partial charge in [0.05, 0.1) is 0 Å². The molecule has 1 aromatic rings. The van der Waals surface area contributed by atoms with Gasteiger partial charge in [-0.15, -0.1) is 11.8 Å². The number of hydrogen-bond donors (Lipinski definition) is 2. The molecule has 0 aliphatic carbocycles. The van der Waals surface area contributed by atoms with Crippen LogP contribution in [0.2, 0.25) is 0 Å². The van der Waals surface area contributed by atoms with Gasteiger partial charge in [-0.2, -0.15) is 0 Å². The van der Waals surface area contributed by atoms with Gasteiger partial charge in [0.1, 0.15) is 0 Å². The highest BCUT2D eigenvalue weighted by atomic mass is 32.2. The van der Waals surface area contributed by atoms with Crippen LogP contribution in [-0.4, -0.2) is 27.4 Å². The SMILES string of the molecule is O=C(O)C(SCc1ccccc1)C(=O)O. The Bertz CT molecular complexity index is 336. The van der Waals surface area contributed by atoms with Crippen LogP contribution in [0.4, 0.5) is 0 Å². The van der Waals surface area contributed by atoms with Gasteiger partial charge in [-0.25, -0.2) is 0 Å². The third-order valence-corrected chi connectivity index (χ3v) is 2.94. The molecule has 15 heavy (non-hydrogen) atoms. The zero-order valence-corrected chi connectivity index (χ0v) is 8.61. The minimum absolute atomic E-state index is 0.379. The monoisotopic (exact) mass is 226 g/mol. The first-order chi connectivity index (χ1) is 7.11. The molecule has 4 nitrogen and oxygen atoms in total. The van der Waals surface area contributed by atoms with Crippen LogP contribution < -0.4 is 0 Å². The first-order valence-electron chi connectivity index (χ1n) is 4.22. The van der Waals surface area contributed by atoms with Gasteiger partial charge in [-0.3, -0.25) is 9.59 Å². The average Bonchev–Trinajstić information content (AvgIpc) is 2.18. The Morgan fingerprint density at radius 1 is 1.13 bits per heavy atom. The van der Waals surface area contributed by atoms with Crippen LogP contribution in [0.15, 0.2) is 30.3 Å².